The zero-order chi connectivity index (χ0) is 9.07. The molecule has 0 spiro atoms. The molecule has 1 heterocycles. The van der Waals surface area contributed by atoms with E-state index in [1.165, 1.54) is 12.8 Å². The van der Waals surface area contributed by atoms with Crippen molar-refractivity contribution in [2.24, 2.45) is 0 Å². The molecule has 0 saturated carbocycles. The average molecular weight is 181 g/mol. The Labute approximate surface area is 78.7 Å². The van der Waals surface area contributed by atoms with Gasteiger partial charge in [-0.25, -0.2) is 0 Å². The molecule has 0 N–H and O–H groups in total. The van der Waals surface area contributed by atoms with Gasteiger partial charge in [0.15, 0.2) is 0 Å². The zero-order valence-electron chi connectivity index (χ0n) is 7.49. The highest BCUT2D eigenvalue weighted by Crippen LogP contribution is 1.95. The van der Waals surface area contributed by atoms with E-state index in [-0.39, 0.29) is 0 Å². The Morgan fingerprint density at radius 3 is 2.25 bits per heavy atom. The van der Waals surface area contributed by atoms with Crippen LogP contribution in [0.3, 0.4) is 0 Å². The molecule has 0 amide bonds. The standard InChI is InChI=1S/C6H11N.C4H4S/c1-2-3-4-5-6-7;1-2-4-5-3-1/h2-5H2,1H3;1-4H. The third-order valence-corrected chi connectivity index (χ3v) is 1.95. The number of thiophene rings is 1. The summed E-state index contributed by atoms with van der Waals surface area (Å²) < 4.78 is 0. The summed E-state index contributed by atoms with van der Waals surface area (Å²) in [6.45, 7) is 2.14. The summed E-state index contributed by atoms with van der Waals surface area (Å²) in [5.74, 6) is 0. The predicted molar refractivity (Wildman–Crippen MR) is 54.1 cm³/mol. The Hall–Kier alpha value is -0.810. The van der Waals surface area contributed by atoms with Gasteiger partial charge in [-0.2, -0.15) is 16.6 Å². The van der Waals surface area contributed by atoms with Crippen LogP contribution >= 0.6 is 11.3 Å². The lowest BCUT2D eigenvalue weighted by Crippen LogP contribution is -1.68. The molecule has 66 valence electrons. The van der Waals surface area contributed by atoms with Crippen LogP contribution in [0.5, 0.6) is 0 Å². The fourth-order valence-corrected chi connectivity index (χ4v) is 1.13. The summed E-state index contributed by atoms with van der Waals surface area (Å²) in [4.78, 5) is 0. The van der Waals surface area contributed by atoms with E-state index in [1.54, 1.807) is 11.3 Å². The van der Waals surface area contributed by atoms with Gasteiger partial charge in [-0.3, -0.25) is 0 Å². The molecule has 1 rings (SSSR count). The van der Waals surface area contributed by atoms with Gasteiger partial charge in [0.05, 0.1) is 6.07 Å². The smallest absolute Gasteiger partial charge is 0.0621 e. The number of nitrogens with zero attached hydrogens (tertiary/aromatic N) is 1. The number of nitriles is 1. The van der Waals surface area contributed by atoms with Crippen LogP contribution in [0.4, 0.5) is 0 Å². The second-order valence-electron chi connectivity index (χ2n) is 2.41. The largest absolute Gasteiger partial charge is 0.198 e. The van der Waals surface area contributed by atoms with E-state index in [0.29, 0.717) is 0 Å². The monoisotopic (exact) mass is 181 g/mol. The van der Waals surface area contributed by atoms with Gasteiger partial charge in [0.25, 0.3) is 0 Å². The number of hydrogen-bond acceptors (Lipinski definition) is 2. The van der Waals surface area contributed by atoms with E-state index in [1.807, 2.05) is 22.9 Å². The SMILES string of the molecule is CCCCCC#N.c1ccsc1. The number of rotatable bonds is 3. The maximum atomic E-state index is 8.04. The van der Waals surface area contributed by atoms with Gasteiger partial charge in [0.2, 0.25) is 0 Å². The second-order valence-corrected chi connectivity index (χ2v) is 3.22. The van der Waals surface area contributed by atoms with Crippen LogP contribution in [0.1, 0.15) is 32.6 Å². The Morgan fingerprint density at radius 1 is 1.25 bits per heavy atom. The van der Waals surface area contributed by atoms with Crippen molar-refractivity contribution < 1.29 is 0 Å². The molecular formula is C10H15NS. The molecule has 0 bridgehead atoms. The van der Waals surface area contributed by atoms with Gasteiger partial charge >= 0.3 is 0 Å². The maximum Gasteiger partial charge on any atom is 0.0621 e. The molecule has 0 aliphatic heterocycles. The Balaban J connectivity index is 0.000000211. The fourth-order valence-electron chi connectivity index (χ4n) is 0.681. The first-order valence-corrected chi connectivity index (χ1v) is 5.20. The van der Waals surface area contributed by atoms with Crippen molar-refractivity contribution in [2.75, 3.05) is 0 Å². The Kier molecular flexibility index (Phi) is 9.50. The van der Waals surface area contributed by atoms with Crippen LogP contribution in [0, 0.1) is 11.3 Å². The third kappa shape index (κ3) is 9.19. The summed E-state index contributed by atoms with van der Waals surface area (Å²) in [5, 5.41) is 12.1. The first-order chi connectivity index (χ1) is 5.91. The molecule has 1 aromatic heterocycles. The summed E-state index contributed by atoms with van der Waals surface area (Å²) in [6, 6.07) is 6.14. The van der Waals surface area contributed by atoms with Crippen LogP contribution in [-0.2, 0) is 0 Å². The molecule has 0 saturated heterocycles. The fraction of sp³-hybridized carbons (Fsp3) is 0.500. The van der Waals surface area contributed by atoms with E-state index in [9.17, 15) is 0 Å². The van der Waals surface area contributed by atoms with Crippen molar-refractivity contribution in [3.8, 4) is 6.07 Å². The lowest BCUT2D eigenvalue weighted by atomic mass is 10.2. The molecule has 0 aliphatic rings. The number of unbranched alkanes of at least 4 members (excludes halogenated alkanes) is 3. The normalized spacial score (nSPS) is 8.00. The summed E-state index contributed by atoms with van der Waals surface area (Å²) in [7, 11) is 0. The summed E-state index contributed by atoms with van der Waals surface area (Å²) in [5.41, 5.74) is 0. The average Bonchev–Trinajstić information content (AvgIpc) is 2.62. The van der Waals surface area contributed by atoms with Gasteiger partial charge in [0, 0.05) is 6.42 Å². The first-order valence-electron chi connectivity index (χ1n) is 4.26. The molecule has 0 fully saturated rings. The first kappa shape index (κ1) is 11.2. The molecule has 1 aromatic rings. The minimum atomic E-state index is 0.730. The van der Waals surface area contributed by atoms with Crippen LogP contribution in [0.25, 0.3) is 0 Å². The highest BCUT2D eigenvalue weighted by Gasteiger charge is 1.79. The van der Waals surface area contributed by atoms with Crippen molar-refractivity contribution in [3.05, 3.63) is 22.9 Å². The van der Waals surface area contributed by atoms with E-state index in [2.05, 4.69) is 13.0 Å². The minimum Gasteiger partial charge on any atom is -0.198 e. The van der Waals surface area contributed by atoms with E-state index in [0.717, 1.165) is 12.8 Å². The van der Waals surface area contributed by atoms with E-state index < -0.39 is 0 Å². The highest BCUT2D eigenvalue weighted by atomic mass is 32.1. The van der Waals surface area contributed by atoms with Crippen LogP contribution in [0.15, 0.2) is 22.9 Å². The molecule has 0 aliphatic carbocycles. The van der Waals surface area contributed by atoms with Gasteiger partial charge in [-0.05, 0) is 17.2 Å². The van der Waals surface area contributed by atoms with Crippen molar-refractivity contribution >= 4 is 11.3 Å². The lowest BCUT2D eigenvalue weighted by molar-refractivity contribution is 0.734. The minimum absolute atomic E-state index is 0.730. The zero-order valence-corrected chi connectivity index (χ0v) is 8.31. The molecule has 0 aromatic carbocycles. The Morgan fingerprint density at radius 2 is 1.92 bits per heavy atom. The van der Waals surface area contributed by atoms with Gasteiger partial charge in [0.1, 0.15) is 0 Å². The summed E-state index contributed by atoms with van der Waals surface area (Å²) >= 11 is 1.71. The van der Waals surface area contributed by atoms with Crippen molar-refractivity contribution in [3.63, 3.8) is 0 Å². The van der Waals surface area contributed by atoms with Crippen LogP contribution in [0.2, 0.25) is 0 Å². The van der Waals surface area contributed by atoms with Gasteiger partial charge < -0.3 is 0 Å². The van der Waals surface area contributed by atoms with Gasteiger partial charge in [-0.15, -0.1) is 0 Å². The highest BCUT2D eigenvalue weighted by molar-refractivity contribution is 7.07. The molecule has 12 heavy (non-hydrogen) atoms. The maximum absolute atomic E-state index is 8.04. The van der Waals surface area contributed by atoms with Crippen LogP contribution < -0.4 is 0 Å². The van der Waals surface area contributed by atoms with E-state index in [4.69, 9.17) is 5.26 Å². The molecule has 2 heteroatoms. The quantitative estimate of drug-likeness (QED) is 0.650. The van der Waals surface area contributed by atoms with E-state index >= 15 is 0 Å². The molecular weight excluding hydrogens is 166 g/mol. The molecule has 0 atom stereocenters. The van der Waals surface area contributed by atoms with Crippen molar-refractivity contribution in [2.45, 2.75) is 32.6 Å². The third-order valence-electron chi connectivity index (χ3n) is 1.32. The molecule has 0 unspecified atom stereocenters. The van der Waals surface area contributed by atoms with Crippen molar-refractivity contribution in [1.82, 2.24) is 0 Å². The van der Waals surface area contributed by atoms with Gasteiger partial charge in [-0.1, -0.05) is 31.9 Å². The molecule has 0 radical (unpaired) electrons. The number of hydrogen-bond donors (Lipinski definition) is 0. The molecule has 1 nitrogen and oxygen atoms in total. The lowest BCUT2D eigenvalue weighted by Gasteiger charge is -1.84. The van der Waals surface area contributed by atoms with Crippen molar-refractivity contribution in [1.29, 1.82) is 5.26 Å². The second kappa shape index (κ2) is 10.2. The van der Waals surface area contributed by atoms with Crippen LogP contribution in [-0.4, -0.2) is 0 Å². The summed E-state index contributed by atoms with van der Waals surface area (Å²) in [6.07, 6.45) is 4.22. The topological polar surface area (TPSA) is 23.8 Å². The Bertz CT molecular complexity index is 169. The predicted octanol–water partition coefficient (Wildman–Crippen LogP) is 3.84.